The lowest BCUT2D eigenvalue weighted by atomic mass is 10.2. The van der Waals surface area contributed by atoms with Crippen LogP contribution in [0.5, 0.6) is 0 Å². The second kappa shape index (κ2) is 4.25. The van der Waals surface area contributed by atoms with Crippen LogP contribution in [0.15, 0.2) is 30.5 Å². The lowest BCUT2D eigenvalue weighted by Crippen LogP contribution is -2.14. The third-order valence-electron chi connectivity index (χ3n) is 2.21. The molecule has 88 valence electrons. The highest BCUT2D eigenvalue weighted by atomic mass is 19.1. The summed E-state index contributed by atoms with van der Waals surface area (Å²) in [5, 5.41) is 6.43. The van der Waals surface area contributed by atoms with E-state index in [0.717, 1.165) is 6.07 Å². The molecule has 1 amide bonds. The van der Waals surface area contributed by atoms with Gasteiger partial charge in [0.15, 0.2) is 5.69 Å². The van der Waals surface area contributed by atoms with Crippen LogP contribution in [0.2, 0.25) is 0 Å². The summed E-state index contributed by atoms with van der Waals surface area (Å²) >= 11 is 0. The van der Waals surface area contributed by atoms with Crippen LogP contribution >= 0.6 is 0 Å². The SMILES string of the molecule is Cn1ccc(C(=O)Nc2cc(F)ccc2N)n1. The van der Waals surface area contributed by atoms with Crippen LogP contribution in [0.25, 0.3) is 0 Å². The number of carbonyl (C=O) groups is 1. The van der Waals surface area contributed by atoms with Gasteiger partial charge < -0.3 is 11.1 Å². The van der Waals surface area contributed by atoms with Gasteiger partial charge in [0.1, 0.15) is 5.82 Å². The number of nitrogens with two attached hydrogens (primary N) is 1. The number of anilines is 2. The van der Waals surface area contributed by atoms with Gasteiger partial charge in [-0.1, -0.05) is 0 Å². The summed E-state index contributed by atoms with van der Waals surface area (Å²) in [7, 11) is 1.70. The molecule has 1 aromatic carbocycles. The highest BCUT2D eigenvalue weighted by Gasteiger charge is 2.11. The predicted molar refractivity (Wildman–Crippen MR) is 62.0 cm³/mol. The Morgan fingerprint density at radius 2 is 2.24 bits per heavy atom. The topological polar surface area (TPSA) is 72.9 Å². The van der Waals surface area contributed by atoms with E-state index < -0.39 is 11.7 Å². The zero-order valence-electron chi connectivity index (χ0n) is 9.14. The summed E-state index contributed by atoms with van der Waals surface area (Å²) in [6.45, 7) is 0. The highest BCUT2D eigenvalue weighted by Crippen LogP contribution is 2.19. The Morgan fingerprint density at radius 3 is 2.88 bits per heavy atom. The average molecular weight is 234 g/mol. The molecular weight excluding hydrogens is 223 g/mol. The maximum Gasteiger partial charge on any atom is 0.276 e. The summed E-state index contributed by atoms with van der Waals surface area (Å²) in [6, 6.07) is 5.34. The summed E-state index contributed by atoms with van der Waals surface area (Å²) in [5.41, 5.74) is 6.40. The molecule has 0 saturated heterocycles. The van der Waals surface area contributed by atoms with E-state index in [1.54, 1.807) is 19.3 Å². The number of benzene rings is 1. The van der Waals surface area contributed by atoms with Crippen LogP contribution in [-0.2, 0) is 7.05 Å². The van der Waals surface area contributed by atoms with Gasteiger partial charge >= 0.3 is 0 Å². The number of hydrogen-bond acceptors (Lipinski definition) is 3. The van der Waals surface area contributed by atoms with Crippen LogP contribution in [0, 0.1) is 5.82 Å². The first kappa shape index (κ1) is 11.1. The quantitative estimate of drug-likeness (QED) is 0.771. The second-order valence-corrected chi connectivity index (χ2v) is 3.56. The Bertz CT molecular complexity index is 564. The van der Waals surface area contributed by atoms with Crippen LogP contribution < -0.4 is 11.1 Å². The molecule has 0 spiro atoms. The molecule has 0 unspecified atom stereocenters. The van der Waals surface area contributed by atoms with Crippen molar-refractivity contribution in [1.29, 1.82) is 0 Å². The Balaban J connectivity index is 2.21. The number of nitrogens with one attached hydrogen (secondary N) is 1. The van der Waals surface area contributed by atoms with Crippen molar-refractivity contribution < 1.29 is 9.18 Å². The zero-order valence-corrected chi connectivity index (χ0v) is 9.14. The van der Waals surface area contributed by atoms with E-state index in [9.17, 15) is 9.18 Å². The van der Waals surface area contributed by atoms with Crippen molar-refractivity contribution in [3.63, 3.8) is 0 Å². The number of aryl methyl sites for hydroxylation is 1. The summed E-state index contributed by atoms with van der Waals surface area (Å²) in [5.74, 6) is -0.890. The molecule has 6 heteroatoms. The molecule has 0 radical (unpaired) electrons. The highest BCUT2D eigenvalue weighted by molar-refractivity contribution is 6.04. The number of carbonyl (C=O) groups excluding carboxylic acids is 1. The number of hydrogen-bond donors (Lipinski definition) is 2. The van der Waals surface area contributed by atoms with Gasteiger partial charge in [0.2, 0.25) is 0 Å². The standard InChI is InChI=1S/C11H11FN4O/c1-16-5-4-9(15-16)11(17)14-10-6-7(12)2-3-8(10)13/h2-6H,13H2,1H3,(H,14,17). The Kier molecular flexibility index (Phi) is 2.78. The zero-order chi connectivity index (χ0) is 12.4. The largest absolute Gasteiger partial charge is 0.397 e. The fourth-order valence-corrected chi connectivity index (χ4v) is 1.36. The molecule has 2 aromatic rings. The number of halogens is 1. The van der Waals surface area contributed by atoms with Crippen LogP contribution in [0.1, 0.15) is 10.5 Å². The Hall–Kier alpha value is -2.37. The van der Waals surface area contributed by atoms with Gasteiger partial charge in [-0.3, -0.25) is 9.48 Å². The van der Waals surface area contributed by atoms with Gasteiger partial charge in [-0.25, -0.2) is 4.39 Å². The van der Waals surface area contributed by atoms with E-state index in [2.05, 4.69) is 10.4 Å². The first-order chi connectivity index (χ1) is 8.06. The molecular formula is C11H11FN4O. The molecule has 0 bridgehead atoms. The van der Waals surface area contributed by atoms with Crippen molar-refractivity contribution in [3.05, 3.63) is 42.0 Å². The molecule has 3 N–H and O–H groups in total. The van der Waals surface area contributed by atoms with Crippen molar-refractivity contribution in [1.82, 2.24) is 9.78 Å². The molecule has 0 aliphatic carbocycles. The number of aromatic nitrogens is 2. The van der Waals surface area contributed by atoms with E-state index >= 15 is 0 Å². The number of rotatable bonds is 2. The van der Waals surface area contributed by atoms with Crippen LogP contribution in [0.4, 0.5) is 15.8 Å². The number of amides is 1. The molecule has 0 aliphatic rings. The molecule has 0 saturated carbocycles. The lowest BCUT2D eigenvalue weighted by Gasteiger charge is -2.06. The molecule has 1 heterocycles. The summed E-state index contributed by atoms with van der Waals surface area (Å²) in [6.07, 6.45) is 1.64. The maximum atomic E-state index is 13.0. The van der Waals surface area contributed by atoms with E-state index in [4.69, 9.17) is 5.73 Å². The summed E-state index contributed by atoms with van der Waals surface area (Å²) < 4.78 is 14.5. The van der Waals surface area contributed by atoms with Gasteiger partial charge in [0.05, 0.1) is 11.4 Å². The predicted octanol–water partition coefficient (Wildman–Crippen LogP) is 1.39. The van der Waals surface area contributed by atoms with Crippen molar-refractivity contribution >= 4 is 17.3 Å². The third kappa shape index (κ3) is 2.41. The first-order valence-electron chi connectivity index (χ1n) is 4.92. The molecule has 0 fully saturated rings. The van der Waals surface area contributed by atoms with Gasteiger partial charge in [0, 0.05) is 13.2 Å². The van der Waals surface area contributed by atoms with Gasteiger partial charge in [-0.05, 0) is 24.3 Å². The Morgan fingerprint density at radius 1 is 1.47 bits per heavy atom. The van der Waals surface area contributed by atoms with Crippen molar-refractivity contribution in [2.75, 3.05) is 11.1 Å². The molecule has 0 atom stereocenters. The van der Waals surface area contributed by atoms with Crippen LogP contribution in [-0.4, -0.2) is 15.7 Å². The fourth-order valence-electron chi connectivity index (χ4n) is 1.36. The first-order valence-corrected chi connectivity index (χ1v) is 4.92. The van der Waals surface area contributed by atoms with Crippen LogP contribution in [0.3, 0.4) is 0 Å². The van der Waals surface area contributed by atoms with Crippen molar-refractivity contribution in [2.45, 2.75) is 0 Å². The van der Waals surface area contributed by atoms with Crippen molar-refractivity contribution in [2.24, 2.45) is 7.05 Å². The number of nitrogen functional groups attached to an aromatic ring is 1. The van der Waals surface area contributed by atoms with Gasteiger partial charge in [0.25, 0.3) is 5.91 Å². The molecule has 1 aromatic heterocycles. The third-order valence-corrected chi connectivity index (χ3v) is 2.21. The Labute approximate surface area is 97.0 Å². The van der Waals surface area contributed by atoms with Crippen molar-refractivity contribution in [3.8, 4) is 0 Å². The molecule has 2 rings (SSSR count). The minimum Gasteiger partial charge on any atom is -0.397 e. The normalized spacial score (nSPS) is 10.2. The van der Waals surface area contributed by atoms with E-state index in [1.165, 1.54) is 16.8 Å². The lowest BCUT2D eigenvalue weighted by molar-refractivity contribution is 0.102. The average Bonchev–Trinajstić information content (AvgIpc) is 2.70. The maximum absolute atomic E-state index is 13.0. The second-order valence-electron chi connectivity index (χ2n) is 3.56. The summed E-state index contributed by atoms with van der Waals surface area (Å²) in [4.78, 5) is 11.7. The molecule has 17 heavy (non-hydrogen) atoms. The minimum atomic E-state index is -0.462. The van der Waals surface area contributed by atoms with E-state index in [-0.39, 0.29) is 11.4 Å². The van der Waals surface area contributed by atoms with Gasteiger partial charge in [-0.15, -0.1) is 0 Å². The molecule has 5 nitrogen and oxygen atoms in total. The monoisotopic (exact) mass is 234 g/mol. The van der Waals surface area contributed by atoms with Gasteiger partial charge in [-0.2, -0.15) is 5.10 Å². The number of nitrogens with zero attached hydrogens (tertiary/aromatic N) is 2. The smallest absolute Gasteiger partial charge is 0.276 e. The fraction of sp³-hybridized carbons (Fsp3) is 0.0909. The van der Waals surface area contributed by atoms with E-state index in [0.29, 0.717) is 5.69 Å². The van der Waals surface area contributed by atoms with E-state index in [1.807, 2.05) is 0 Å². The minimum absolute atomic E-state index is 0.237. The molecule has 0 aliphatic heterocycles.